The maximum atomic E-state index is 12.0. The Balaban J connectivity index is 2.91. The number of rotatable bonds is 10. The average molecular weight is 366 g/mol. The summed E-state index contributed by atoms with van der Waals surface area (Å²) in [5.74, 6) is 1.35. The highest BCUT2D eigenvalue weighted by Crippen LogP contribution is 2.28. The summed E-state index contributed by atoms with van der Waals surface area (Å²) < 4.78 is 10.6. The minimum atomic E-state index is -0.451. The molecule has 0 saturated heterocycles. The first-order valence-corrected chi connectivity index (χ1v) is 8.62. The van der Waals surface area contributed by atoms with Gasteiger partial charge in [0.25, 0.3) is 0 Å². The average Bonchev–Trinajstić information content (AvgIpc) is 2.53. The van der Waals surface area contributed by atoms with Crippen LogP contribution in [0.15, 0.2) is 42.5 Å². The number of carbonyl (C=O) groups excluding carboxylic acids is 1. The van der Waals surface area contributed by atoms with Gasteiger partial charge in [-0.05, 0) is 62.4 Å². The van der Waals surface area contributed by atoms with Crippen LogP contribution in [0.2, 0.25) is 0 Å². The number of nitrogens with zero attached hydrogens (tertiary/aromatic N) is 1. The van der Waals surface area contributed by atoms with Gasteiger partial charge in [0.15, 0.2) is 11.5 Å². The van der Waals surface area contributed by atoms with Gasteiger partial charge < -0.3 is 14.4 Å². The van der Waals surface area contributed by atoms with Crippen molar-refractivity contribution in [1.82, 2.24) is 4.90 Å². The van der Waals surface area contributed by atoms with E-state index < -0.39 is 5.37 Å². The van der Waals surface area contributed by atoms with Gasteiger partial charge in [-0.2, -0.15) is 0 Å². The molecule has 0 N–H and O–H groups in total. The molecule has 0 aromatic heterocycles. The van der Waals surface area contributed by atoms with E-state index in [2.05, 4.69) is 13.2 Å². The molecule has 0 bridgehead atoms. The molecule has 5 heteroatoms. The number of hydrogen-bond acceptors (Lipinski definition) is 3. The first-order chi connectivity index (χ1) is 11.8. The molecule has 0 fully saturated rings. The highest BCUT2D eigenvalue weighted by Gasteiger charge is 2.22. The zero-order valence-electron chi connectivity index (χ0n) is 15.6. The molecule has 25 heavy (non-hydrogen) atoms. The van der Waals surface area contributed by atoms with Crippen molar-refractivity contribution in [3.05, 3.63) is 48.1 Å². The van der Waals surface area contributed by atoms with Crippen LogP contribution >= 0.6 is 11.6 Å². The van der Waals surface area contributed by atoms with Gasteiger partial charge in [0, 0.05) is 12.6 Å². The fraction of sp³-hybridized carbons (Fsp3) is 0.450. The van der Waals surface area contributed by atoms with Gasteiger partial charge in [0.1, 0.15) is 0 Å². The van der Waals surface area contributed by atoms with Crippen molar-refractivity contribution in [2.45, 2.75) is 39.2 Å². The molecule has 0 radical (unpaired) electrons. The standard InChI is InChI=1S/C20H28ClNO3/c1-14(2)11-17(12-15(3)4)22(20(21)23)10-9-16-7-8-18(24-5)19(13-16)25-6/h7-8,13,17H,1,3,9-12H2,2,4-6H3. The number of hydrogen-bond donors (Lipinski definition) is 0. The van der Waals surface area contributed by atoms with Crippen LogP contribution in [0.25, 0.3) is 0 Å². The lowest BCUT2D eigenvalue weighted by molar-refractivity contribution is 0.197. The number of ether oxygens (including phenoxy) is 2. The molecule has 1 amide bonds. The fourth-order valence-corrected chi connectivity index (χ4v) is 3.02. The van der Waals surface area contributed by atoms with Crippen molar-refractivity contribution in [2.75, 3.05) is 20.8 Å². The van der Waals surface area contributed by atoms with Crippen LogP contribution in [0.4, 0.5) is 4.79 Å². The minimum absolute atomic E-state index is 0.0276. The summed E-state index contributed by atoms with van der Waals surface area (Å²) >= 11 is 5.86. The van der Waals surface area contributed by atoms with Gasteiger partial charge in [-0.1, -0.05) is 17.2 Å². The molecule has 0 atom stereocenters. The summed E-state index contributed by atoms with van der Waals surface area (Å²) in [6.45, 7) is 12.4. The van der Waals surface area contributed by atoms with Crippen molar-refractivity contribution < 1.29 is 14.3 Å². The molecule has 0 aliphatic heterocycles. The summed E-state index contributed by atoms with van der Waals surface area (Å²) in [6.07, 6.45) is 2.08. The molecule has 138 valence electrons. The van der Waals surface area contributed by atoms with E-state index in [9.17, 15) is 4.79 Å². The molecule has 1 aromatic carbocycles. The number of methoxy groups -OCH3 is 2. The number of carbonyl (C=O) groups is 1. The van der Waals surface area contributed by atoms with E-state index in [4.69, 9.17) is 21.1 Å². The second kappa shape index (κ2) is 10.1. The van der Waals surface area contributed by atoms with Gasteiger partial charge in [0.2, 0.25) is 0 Å². The highest BCUT2D eigenvalue weighted by atomic mass is 35.5. The first-order valence-electron chi connectivity index (χ1n) is 8.24. The van der Waals surface area contributed by atoms with Gasteiger partial charge in [-0.3, -0.25) is 4.79 Å². The van der Waals surface area contributed by atoms with Crippen molar-refractivity contribution in [1.29, 1.82) is 0 Å². The van der Waals surface area contributed by atoms with Crippen LogP contribution in [0.5, 0.6) is 11.5 Å². The summed E-state index contributed by atoms with van der Waals surface area (Å²) in [5, 5.41) is -0.451. The molecular weight excluding hydrogens is 338 g/mol. The van der Waals surface area contributed by atoms with E-state index in [0.717, 1.165) is 16.7 Å². The van der Waals surface area contributed by atoms with E-state index in [-0.39, 0.29) is 6.04 Å². The van der Waals surface area contributed by atoms with Crippen LogP contribution < -0.4 is 9.47 Å². The maximum Gasteiger partial charge on any atom is 0.316 e. The van der Waals surface area contributed by atoms with Gasteiger partial charge in [0.05, 0.1) is 14.2 Å². The van der Waals surface area contributed by atoms with Crippen LogP contribution in [0.1, 0.15) is 32.3 Å². The zero-order chi connectivity index (χ0) is 19.0. The Morgan fingerprint density at radius 3 is 2.12 bits per heavy atom. The van der Waals surface area contributed by atoms with Crippen LogP contribution in [0.3, 0.4) is 0 Å². The van der Waals surface area contributed by atoms with Crippen molar-refractivity contribution in [3.8, 4) is 11.5 Å². The molecule has 0 spiro atoms. The predicted molar refractivity (Wildman–Crippen MR) is 104 cm³/mol. The van der Waals surface area contributed by atoms with Gasteiger partial charge in [-0.25, -0.2) is 0 Å². The van der Waals surface area contributed by atoms with Crippen LogP contribution in [-0.4, -0.2) is 37.1 Å². The predicted octanol–water partition coefficient (Wildman–Crippen LogP) is 5.21. The Morgan fingerprint density at radius 1 is 1.12 bits per heavy atom. The normalized spacial score (nSPS) is 10.5. The number of halogens is 1. The quantitative estimate of drug-likeness (QED) is 0.324. The number of amides is 1. The summed E-state index contributed by atoms with van der Waals surface area (Å²) in [5.41, 5.74) is 3.07. The fourth-order valence-electron chi connectivity index (χ4n) is 2.80. The lowest BCUT2D eigenvalue weighted by Crippen LogP contribution is -2.39. The smallest absolute Gasteiger partial charge is 0.316 e. The molecule has 1 rings (SSSR count). The summed E-state index contributed by atoms with van der Waals surface area (Å²) in [6, 6.07) is 5.72. The Hall–Kier alpha value is -1.94. The molecule has 4 nitrogen and oxygen atoms in total. The molecule has 1 aromatic rings. The van der Waals surface area contributed by atoms with E-state index in [1.54, 1.807) is 19.1 Å². The Bertz CT molecular complexity index is 611. The Kier molecular flexibility index (Phi) is 8.56. The third-order valence-corrected chi connectivity index (χ3v) is 4.14. The summed E-state index contributed by atoms with van der Waals surface area (Å²) in [4.78, 5) is 13.7. The third kappa shape index (κ3) is 6.83. The molecule has 0 aliphatic carbocycles. The lowest BCUT2D eigenvalue weighted by Gasteiger charge is -2.30. The van der Waals surface area contributed by atoms with Crippen LogP contribution in [0, 0.1) is 0 Å². The molecule has 0 heterocycles. The molecule has 0 saturated carbocycles. The highest BCUT2D eigenvalue weighted by molar-refractivity contribution is 6.62. The second-order valence-electron chi connectivity index (χ2n) is 6.36. The first kappa shape index (κ1) is 21.1. The largest absolute Gasteiger partial charge is 0.493 e. The zero-order valence-corrected chi connectivity index (χ0v) is 16.4. The van der Waals surface area contributed by atoms with E-state index >= 15 is 0 Å². The van der Waals surface area contributed by atoms with Gasteiger partial charge in [-0.15, -0.1) is 13.2 Å². The maximum absolute atomic E-state index is 12.0. The van der Waals surface area contributed by atoms with E-state index in [1.807, 2.05) is 32.0 Å². The van der Waals surface area contributed by atoms with Crippen molar-refractivity contribution in [2.24, 2.45) is 0 Å². The van der Waals surface area contributed by atoms with Gasteiger partial charge >= 0.3 is 5.37 Å². The Morgan fingerprint density at radius 2 is 1.68 bits per heavy atom. The molecule has 0 unspecified atom stereocenters. The van der Waals surface area contributed by atoms with E-state index in [1.165, 1.54) is 0 Å². The minimum Gasteiger partial charge on any atom is -0.493 e. The second-order valence-corrected chi connectivity index (χ2v) is 6.69. The van der Waals surface area contributed by atoms with Crippen LogP contribution in [-0.2, 0) is 6.42 Å². The summed E-state index contributed by atoms with van der Waals surface area (Å²) in [7, 11) is 3.21. The SMILES string of the molecule is C=C(C)CC(CC(=C)C)N(CCc1ccc(OC)c(OC)c1)C(=O)Cl. The Labute approximate surface area is 156 Å². The van der Waals surface area contributed by atoms with E-state index in [0.29, 0.717) is 37.3 Å². The van der Waals surface area contributed by atoms with Crippen molar-refractivity contribution in [3.63, 3.8) is 0 Å². The molecule has 0 aliphatic rings. The topological polar surface area (TPSA) is 38.8 Å². The number of benzene rings is 1. The third-order valence-electron chi connectivity index (χ3n) is 3.92. The lowest BCUT2D eigenvalue weighted by atomic mass is 10.00. The van der Waals surface area contributed by atoms with Crippen molar-refractivity contribution >= 4 is 17.0 Å². The molecular formula is C20H28ClNO3. The monoisotopic (exact) mass is 365 g/mol.